The lowest BCUT2D eigenvalue weighted by atomic mass is 10.1. The number of nitrogens with zero attached hydrogens (tertiary/aromatic N) is 2. The van der Waals surface area contributed by atoms with Crippen LogP contribution in [0.5, 0.6) is 0 Å². The van der Waals surface area contributed by atoms with Crippen molar-refractivity contribution >= 4 is 34.8 Å². The summed E-state index contributed by atoms with van der Waals surface area (Å²) in [5.41, 5.74) is 3.25. The summed E-state index contributed by atoms with van der Waals surface area (Å²) in [6, 6.07) is 13.0. The average Bonchev–Trinajstić information content (AvgIpc) is 2.68. The molecule has 2 amide bonds. The summed E-state index contributed by atoms with van der Waals surface area (Å²) in [4.78, 5) is 29.2. The fourth-order valence-electron chi connectivity index (χ4n) is 3.54. The molecule has 2 aromatic rings. The van der Waals surface area contributed by atoms with Crippen LogP contribution in [-0.2, 0) is 4.79 Å². The fraction of sp³-hybridized carbons (Fsp3) is 0.391. The number of nitrogens with one attached hydrogen (secondary N) is 1. The summed E-state index contributed by atoms with van der Waals surface area (Å²) in [7, 11) is 0. The topological polar surface area (TPSA) is 52.7 Å². The van der Waals surface area contributed by atoms with Gasteiger partial charge in [0, 0.05) is 43.2 Å². The molecule has 0 spiro atoms. The molecule has 1 aliphatic heterocycles. The van der Waals surface area contributed by atoms with Crippen molar-refractivity contribution in [2.75, 3.05) is 36.4 Å². The fourth-order valence-corrected chi connectivity index (χ4v) is 3.71. The molecular weight excluding hydrogens is 386 g/mol. The van der Waals surface area contributed by atoms with E-state index in [1.165, 1.54) is 0 Å². The highest BCUT2D eigenvalue weighted by molar-refractivity contribution is 6.31. The highest BCUT2D eigenvalue weighted by Crippen LogP contribution is 2.30. The third-order valence-electron chi connectivity index (χ3n) is 5.04. The highest BCUT2D eigenvalue weighted by atomic mass is 35.5. The maximum absolute atomic E-state index is 12.7. The molecule has 2 aromatic carbocycles. The second-order valence-electron chi connectivity index (χ2n) is 7.95. The number of carbonyl (C=O) groups is 2. The van der Waals surface area contributed by atoms with Gasteiger partial charge >= 0.3 is 0 Å². The van der Waals surface area contributed by atoms with E-state index >= 15 is 0 Å². The van der Waals surface area contributed by atoms with Crippen LogP contribution in [0.2, 0.25) is 5.02 Å². The zero-order chi connectivity index (χ0) is 21.0. The Labute approximate surface area is 177 Å². The van der Waals surface area contributed by atoms with Gasteiger partial charge in [0.2, 0.25) is 5.91 Å². The molecule has 1 heterocycles. The van der Waals surface area contributed by atoms with Crippen LogP contribution >= 0.6 is 11.6 Å². The molecule has 0 aromatic heterocycles. The molecule has 1 aliphatic rings. The van der Waals surface area contributed by atoms with Crippen molar-refractivity contribution in [3.8, 4) is 0 Å². The monoisotopic (exact) mass is 413 g/mol. The first-order valence-electron chi connectivity index (χ1n) is 10.0. The Morgan fingerprint density at radius 2 is 1.79 bits per heavy atom. The number of benzene rings is 2. The molecule has 0 unspecified atom stereocenters. The summed E-state index contributed by atoms with van der Waals surface area (Å²) in [6.45, 7) is 8.88. The van der Waals surface area contributed by atoms with Gasteiger partial charge in [-0.15, -0.1) is 0 Å². The molecule has 0 bridgehead atoms. The maximum Gasteiger partial charge on any atom is 0.255 e. The molecule has 1 N–H and O–H groups in total. The SMILES string of the molecule is Cc1cccc(C(=O)Nc2cc(Cl)ccc2N2CCN(C(=O)CC(C)C)CC2)c1. The quantitative estimate of drug-likeness (QED) is 0.779. The van der Waals surface area contributed by atoms with Gasteiger partial charge in [0.1, 0.15) is 0 Å². The summed E-state index contributed by atoms with van der Waals surface area (Å²) in [5.74, 6) is 0.409. The van der Waals surface area contributed by atoms with E-state index in [1.807, 2.05) is 42.2 Å². The van der Waals surface area contributed by atoms with Gasteiger partial charge in [-0.2, -0.15) is 0 Å². The van der Waals surface area contributed by atoms with Crippen molar-refractivity contribution in [1.29, 1.82) is 0 Å². The number of anilines is 2. The number of halogens is 1. The van der Waals surface area contributed by atoms with Crippen molar-refractivity contribution in [2.45, 2.75) is 27.2 Å². The minimum absolute atomic E-state index is 0.164. The Morgan fingerprint density at radius 1 is 1.07 bits per heavy atom. The minimum atomic E-state index is -0.164. The van der Waals surface area contributed by atoms with Crippen LogP contribution in [0.3, 0.4) is 0 Å². The normalized spacial score (nSPS) is 14.2. The highest BCUT2D eigenvalue weighted by Gasteiger charge is 2.23. The lowest BCUT2D eigenvalue weighted by molar-refractivity contribution is -0.132. The smallest absolute Gasteiger partial charge is 0.255 e. The number of amides is 2. The van der Waals surface area contributed by atoms with Crippen molar-refractivity contribution in [3.63, 3.8) is 0 Å². The number of carbonyl (C=O) groups excluding carboxylic acids is 2. The van der Waals surface area contributed by atoms with Gasteiger partial charge in [0.25, 0.3) is 5.91 Å². The van der Waals surface area contributed by atoms with Gasteiger partial charge in [0.05, 0.1) is 11.4 Å². The van der Waals surface area contributed by atoms with Crippen LogP contribution in [0, 0.1) is 12.8 Å². The number of piperazine rings is 1. The second kappa shape index (κ2) is 9.31. The first-order valence-corrected chi connectivity index (χ1v) is 10.4. The Hall–Kier alpha value is -2.53. The summed E-state index contributed by atoms with van der Waals surface area (Å²) >= 11 is 6.20. The number of hydrogen-bond acceptors (Lipinski definition) is 3. The van der Waals surface area contributed by atoms with Gasteiger partial charge in [-0.1, -0.05) is 43.1 Å². The van der Waals surface area contributed by atoms with Crippen molar-refractivity contribution in [1.82, 2.24) is 4.90 Å². The molecule has 3 rings (SSSR count). The van der Waals surface area contributed by atoms with Crippen LogP contribution < -0.4 is 10.2 Å². The lowest BCUT2D eigenvalue weighted by Gasteiger charge is -2.37. The Balaban J connectivity index is 1.73. The average molecular weight is 414 g/mol. The molecule has 1 fully saturated rings. The third-order valence-corrected chi connectivity index (χ3v) is 5.28. The minimum Gasteiger partial charge on any atom is -0.366 e. The largest absolute Gasteiger partial charge is 0.366 e. The summed E-state index contributed by atoms with van der Waals surface area (Å²) in [6.07, 6.45) is 0.582. The van der Waals surface area contributed by atoms with E-state index in [1.54, 1.807) is 12.1 Å². The van der Waals surface area contributed by atoms with Crippen LogP contribution in [0.25, 0.3) is 0 Å². The molecule has 154 valence electrons. The van der Waals surface area contributed by atoms with E-state index < -0.39 is 0 Å². The van der Waals surface area contributed by atoms with Gasteiger partial charge in [-0.3, -0.25) is 9.59 Å². The Morgan fingerprint density at radius 3 is 2.45 bits per heavy atom. The van der Waals surface area contributed by atoms with E-state index in [0.717, 1.165) is 24.3 Å². The number of aryl methyl sites for hydroxylation is 1. The van der Waals surface area contributed by atoms with E-state index in [9.17, 15) is 9.59 Å². The zero-order valence-corrected chi connectivity index (χ0v) is 18.0. The first kappa shape index (κ1) is 21.2. The van der Waals surface area contributed by atoms with E-state index in [2.05, 4.69) is 24.1 Å². The van der Waals surface area contributed by atoms with Crippen LogP contribution in [0.4, 0.5) is 11.4 Å². The van der Waals surface area contributed by atoms with Crippen molar-refractivity contribution in [2.24, 2.45) is 5.92 Å². The molecule has 0 aliphatic carbocycles. The molecule has 0 radical (unpaired) electrons. The summed E-state index contributed by atoms with van der Waals surface area (Å²) < 4.78 is 0. The Kier molecular flexibility index (Phi) is 6.80. The van der Waals surface area contributed by atoms with E-state index in [4.69, 9.17) is 11.6 Å². The molecule has 6 heteroatoms. The maximum atomic E-state index is 12.7. The number of hydrogen-bond donors (Lipinski definition) is 1. The first-order chi connectivity index (χ1) is 13.8. The van der Waals surface area contributed by atoms with Crippen LogP contribution in [0.1, 0.15) is 36.2 Å². The molecule has 0 atom stereocenters. The zero-order valence-electron chi connectivity index (χ0n) is 17.2. The lowest BCUT2D eigenvalue weighted by Crippen LogP contribution is -2.49. The van der Waals surface area contributed by atoms with Crippen LogP contribution in [-0.4, -0.2) is 42.9 Å². The molecule has 0 saturated carbocycles. The standard InChI is InChI=1S/C23H28ClN3O2/c1-16(2)13-22(28)27-11-9-26(10-12-27)21-8-7-19(24)15-20(21)25-23(29)18-6-4-5-17(3)14-18/h4-8,14-16H,9-13H2,1-3H3,(H,25,29). The molecule has 1 saturated heterocycles. The van der Waals surface area contributed by atoms with Crippen molar-refractivity contribution in [3.05, 3.63) is 58.6 Å². The second-order valence-corrected chi connectivity index (χ2v) is 8.39. The predicted octanol–water partition coefficient (Wildman–Crippen LogP) is 4.60. The predicted molar refractivity (Wildman–Crippen MR) is 119 cm³/mol. The molecule has 5 nitrogen and oxygen atoms in total. The molecular formula is C23H28ClN3O2. The molecule has 29 heavy (non-hydrogen) atoms. The van der Waals surface area contributed by atoms with Crippen molar-refractivity contribution < 1.29 is 9.59 Å². The summed E-state index contributed by atoms with van der Waals surface area (Å²) in [5, 5.41) is 3.58. The Bertz CT molecular complexity index is 889. The van der Waals surface area contributed by atoms with E-state index in [-0.39, 0.29) is 11.8 Å². The number of rotatable bonds is 5. The van der Waals surface area contributed by atoms with Gasteiger partial charge < -0.3 is 15.1 Å². The van der Waals surface area contributed by atoms with E-state index in [0.29, 0.717) is 41.7 Å². The van der Waals surface area contributed by atoms with Gasteiger partial charge in [-0.05, 0) is 43.2 Å². The third kappa shape index (κ3) is 5.51. The van der Waals surface area contributed by atoms with Gasteiger partial charge in [-0.25, -0.2) is 0 Å². The van der Waals surface area contributed by atoms with Crippen LogP contribution in [0.15, 0.2) is 42.5 Å². The van der Waals surface area contributed by atoms with Gasteiger partial charge in [0.15, 0.2) is 0 Å².